The molecule has 2 aromatic carbocycles. The second-order valence-corrected chi connectivity index (χ2v) is 7.31. The van der Waals surface area contributed by atoms with Crippen LogP contribution in [0.4, 0.5) is 14.5 Å². The molecule has 0 unspecified atom stereocenters. The number of para-hydroxylation sites is 3. The van der Waals surface area contributed by atoms with Crippen LogP contribution in [-0.4, -0.2) is 27.0 Å². The Kier molecular flexibility index (Phi) is 6.16. The van der Waals surface area contributed by atoms with Gasteiger partial charge in [-0.15, -0.1) is 0 Å². The molecule has 0 radical (unpaired) electrons. The number of nitrogens with zero attached hydrogens (tertiary/aromatic N) is 2. The van der Waals surface area contributed by atoms with Gasteiger partial charge in [-0.3, -0.25) is 4.79 Å². The first kappa shape index (κ1) is 18.7. The van der Waals surface area contributed by atoms with Crippen molar-refractivity contribution < 1.29 is 13.6 Å². The summed E-state index contributed by atoms with van der Waals surface area (Å²) in [5.41, 5.74) is 2.31. The third-order valence-corrected chi connectivity index (χ3v) is 5.41. The summed E-state index contributed by atoms with van der Waals surface area (Å²) in [6.07, 6.45) is 0. The lowest BCUT2D eigenvalue weighted by Gasteiger charge is -2.10. The van der Waals surface area contributed by atoms with Gasteiger partial charge in [-0.1, -0.05) is 47.8 Å². The first-order valence-electron chi connectivity index (χ1n) is 8.00. The molecule has 0 saturated heterocycles. The van der Waals surface area contributed by atoms with Gasteiger partial charge >= 0.3 is 0 Å². The third-order valence-electron chi connectivity index (χ3n) is 3.65. The summed E-state index contributed by atoms with van der Waals surface area (Å²) in [6, 6.07) is 14.4. The number of benzene rings is 2. The third kappa shape index (κ3) is 4.37. The summed E-state index contributed by atoms with van der Waals surface area (Å²) in [5.74, 6) is -2.64. The highest BCUT2D eigenvalue weighted by molar-refractivity contribution is 8.00. The lowest BCUT2D eigenvalue weighted by molar-refractivity contribution is -0.113. The van der Waals surface area contributed by atoms with E-state index in [2.05, 4.69) is 10.3 Å². The van der Waals surface area contributed by atoms with Gasteiger partial charge in [0.25, 0.3) is 5.76 Å². The number of carbonyl (C=O) groups is 1. The molecule has 0 aliphatic rings. The van der Waals surface area contributed by atoms with E-state index in [1.807, 2.05) is 35.8 Å². The molecule has 0 bridgehead atoms. The molecule has 26 heavy (non-hydrogen) atoms. The van der Waals surface area contributed by atoms with Crippen LogP contribution < -0.4 is 5.32 Å². The number of thioether (sulfide) groups is 2. The van der Waals surface area contributed by atoms with E-state index in [-0.39, 0.29) is 11.7 Å². The SMILES string of the molecule is CCn1c(SCC(=O)Nc2ccccc2SC(F)F)nc2ccccc21. The molecule has 136 valence electrons. The molecule has 3 aromatic rings. The Bertz CT molecular complexity index is 914. The standard InChI is InChI=1S/C18H17F2N3OS2/c1-2-23-14-9-5-3-7-12(14)22-18(23)25-11-16(24)21-13-8-4-6-10-15(13)26-17(19)20/h3-10,17H,2,11H2,1H3,(H,21,24). The average Bonchev–Trinajstić information content (AvgIpc) is 2.98. The smallest absolute Gasteiger partial charge is 0.288 e. The van der Waals surface area contributed by atoms with Gasteiger partial charge in [-0.05, 0) is 31.2 Å². The minimum absolute atomic E-state index is 0.150. The number of amides is 1. The monoisotopic (exact) mass is 393 g/mol. The molecule has 3 rings (SSSR count). The number of carbonyl (C=O) groups excluding carboxylic acids is 1. The Hall–Kier alpha value is -2.06. The first-order chi connectivity index (χ1) is 12.6. The van der Waals surface area contributed by atoms with Crippen molar-refractivity contribution >= 4 is 46.2 Å². The number of aromatic nitrogens is 2. The van der Waals surface area contributed by atoms with E-state index in [1.54, 1.807) is 24.3 Å². The summed E-state index contributed by atoms with van der Waals surface area (Å²) in [7, 11) is 0. The molecular weight excluding hydrogens is 376 g/mol. The summed E-state index contributed by atoms with van der Waals surface area (Å²) < 4.78 is 27.3. The maximum absolute atomic E-state index is 12.6. The van der Waals surface area contributed by atoms with Crippen LogP contribution in [0.2, 0.25) is 0 Å². The van der Waals surface area contributed by atoms with Gasteiger partial charge in [0, 0.05) is 11.4 Å². The van der Waals surface area contributed by atoms with E-state index < -0.39 is 5.76 Å². The van der Waals surface area contributed by atoms with E-state index >= 15 is 0 Å². The van der Waals surface area contributed by atoms with E-state index in [9.17, 15) is 13.6 Å². The molecule has 0 fully saturated rings. The Morgan fingerprint density at radius 2 is 1.92 bits per heavy atom. The first-order valence-corrected chi connectivity index (χ1v) is 9.86. The molecule has 1 heterocycles. The van der Waals surface area contributed by atoms with Crippen molar-refractivity contribution in [1.82, 2.24) is 9.55 Å². The lowest BCUT2D eigenvalue weighted by atomic mass is 10.3. The van der Waals surface area contributed by atoms with Crippen molar-refractivity contribution in [2.24, 2.45) is 0 Å². The average molecular weight is 393 g/mol. The van der Waals surface area contributed by atoms with Crippen LogP contribution >= 0.6 is 23.5 Å². The Morgan fingerprint density at radius 1 is 1.19 bits per heavy atom. The quantitative estimate of drug-likeness (QED) is 0.567. The number of hydrogen-bond donors (Lipinski definition) is 1. The normalized spacial score (nSPS) is 11.2. The largest absolute Gasteiger partial charge is 0.324 e. The topological polar surface area (TPSA) is 46.9 Å². The fraction of sp³-hybridized carbons (Fsp3) is 0.222. The van der Waals surface area contributed by atoms with Gasteiger partial charge in [0.1, 0.15) is 0 Å². The number of nitrogens with one attached hydrogen (secondary N) is 1. The molecule has 1 aromatic heterocycles. The molecule has 4 nitrogen and oxygen atoms in total. The summed E-state index contributed by atoms with van der Waals surface area (Å²) in [6.45, 7) is 2.77. The van der Waals surface area contributed by atoms with Gasteiger partial charge in [-0.25, -0.2) is 4.98 Å². The number of imidazole rings is 1. The molecular formula is C18H17F2N3OS2. The molecule has 0 aliphatic heterocycles. The molecule has 0 spiro atoms. The highest BCUT2D eigenvalue weighted by Gasteiger charge is 2.14. The molecule has 0 aliphatic carbocycles. The van der Waals surface area contributed by atoms with Crippen LogP contribution in [0.3, 0.4) is 0 Å². The zero-order chi connectivity index (χ0) is 18.5. The van der Waals surface area contributed by atoms with Crippen molar-refractivity contribution in [2.75, 3.05) is 11.1 Å². The fourth-order valence-corrected chi connectivity index (χ4v) is 4.03. The maximum Gasteiger partial charge on any atom is 0.288 e. The van der Waals surface area contributed by atoms with E-state index in [4.69, 9.17) is 0 Å². The van der Waals surface area contributed by atoms with Gasteiger partial charge in [0.05, 0.1) is 22.5 Å². The molecule has 0 atom stereocenters. The van der Waals surface area contributed by atoms with E-state index in [0.29, 0.717) is 22.3 Å². The van der Waals surface area contributed by atoms with Crippen LogP contribution in [-0.2, 0) is 11.3 Å². The number of anilines is 1. The Morgan fingerprint density at radius 3 is 2.69 bits per heavy atom. The van der Waals surface area contributed by atoms with Crippen molar-refractivity contribution in [3.63, 3.8) is 0 Å². The van der Waals surface area contributed by atoms with Gasteiger partial charge in [0.2, 0.25) is 5.91 Å². The van der Waals surface area contributed by atoms with Gasteiger partial charge < -0.3 is 9.88 Å². The number of hydrogen-bond acceptors (Lipinski definition) is 4. The molecule has 0 saturated carbocycles. The number of aryl methyl sites for hydroxylation is 1. The zero-order valence-corrected chi connectivity index (χ0v) is 15.6. The van der Waals surface area contributed by atoms with Crippen LogP contribution in [0.15, 0.2) is 58.6 Å². The highest BCUT2D eigenvalue weighted by atomic mass is 32.2. The van der Waals surface area contributed by atoms with Crippen LogP contribution in [0.25, 0.3) is 11.0 Å². The van der Waals surface area contributed by atoms with Crippen LogP contribution in [0.5, 0.6) is 0 Å². The number of fused-ring (bicyclic) bond motifs is 1. The summed E-state index contributed by atoms with van der Waals surface area (Å²) >= 11 is 1.75. The minimum atomic E-state index is -2.54. The predicted molar refractivity (Wildman–Crippen MR) is 103 cm³/mol. The molecule has 1 N–H and O–H groups in total. The Balaban J connectivity index is 1.69. The number of halogens is 2. The van der Waals surface area contributed by atoms with Gasteiger partial charge in [-0.2, -0.15) is 8.78 Å². The van der Waals surface area contributed by atoms with Crippen molar-refractivity contribution in [2.45, 2.75) is 29.3 Å². The highest BCUT2D eigenvalue weighted by Crippen LogP contribution is 2.32. The minimum Gasteiger partial charge on any atom is -0.324 e. The Labute approximate surface area is 158 Å². The van der Waals surface area contributed by atoms with E-state index in [1.165, 1.54) is 11.8 Å². The summed E-state index contributed by atoms with van der Waals surface area (Å²) in [4.78, 5) is 17.2. The zero-order valence-electron chi connectivity index (χ0n) is 14.0. The molecule has 1 amide bonds. The fourth-order valence-electron chi connectivity index (χ4n) is 2.55. The summed E-state index contributed by atoms with van der Waals surface area (Å²) in [5, 5.41) is 3.47. The molecule has 8 heteroatoms. The number of alkyl halides is 2. The number of rotatable bonds is 7. The van der Waals surface area contributed by atoms with Crippen molar-refractivity contribution in [3.8, 4) is 0 Å². The van der Waals surface area contributed by atoms with Crippen LogP contribution in [0, 0.1) is 0 Å². The lowest BCUT2D eigenvalue weighted by Crippen LogP contribution is -2.15. The second-order valence-electron chi connectivity index (χ2n) is 5.34. The predicted octanol–water partition coefficient (Wildman–Crippen LogP) is 5.10. The van der Waals surface area contributed by atoms with Crippen molar-refractivity contribution in [3.05, 3.63) is 48.5 Å². The van der Waals surface area contributed by atoms with Gasteiger partial charge in [0.15, 0.2) is 5.16 Å². The maximum atomic E-state index is 12.6. The van der Waals surface area contributed by atoms with Crippen LogP contribution in [0.1, 0.15) is 6.92 Å². The second kappa shape index (κ2) is 8.55. The van der Waals surface area contributed by atoms with Crippen molar-refractivity contribution in [1.29, 1.82) is 0 Å². The van der Waals surface area contributed by atoms with E-state index in [0.717, 1.165) is 22.7 Å².